The normalized spacial score (nSPS) is 11.0. The molecule has 4 aromatic rings. The van der Waals surface area contributed by atoms with Gasteiger partial charge in [0.05, 0.1) is 31.9 Å². The lowest BCUT2D eigenvalue weighted by Gasteiger charge is -2.09. The van der Waals surface area contributed by atoms with Crippen LogP contribution in [0.15, 0.2) is 69.0 Å². The number of nitrogens with zero attached hydrogens (tertiary/aromatic N) is 3. The van der Waals surface area contributed by atoms with Crippen molar-refractivity contribution >= 4 is 29.3 Å². The van der Waals surface area contributed by atoms with Crippen LogP contribution in [0.3, 0.4) is 0 Å². The molecule has 1 aromatic carbocycles. The van der Waals surface area contributed by atoms with E-state index in [1.54, 1.807) is 24.5 Å². The Bertz CT molecular complexity index is 1100. The third-order valence-electron chi connectivity index (χ3n) is 4.20. The lowest BCUT2D eigenvalue weighted by atomic mass is 10.2. The average molecular weight is 430 g/mol. The lowest BCUT2D eigenvalue weighted by Crippen LogP contribution is -2.04. The highest BCUT2D eigenvalue weighted by atomic mass is 35.5. The third kappa shape index (κ3) is 4.23. The third-order valence-corrected chi connectivity index (χ3v) is 5.42. The summed E-state index contributed by atoms with van der Waals surface area (Å²) in [7, 11) is 1.34. The summed E-state index contributed by atoms with van der Waals surface area (Å²) in [5.74, 6) is 1.94. The van der Waals surface area contributed by atoms with Crippen LogP contribution in [0.4, 0.5) is 0 Å². The molecule has 0 atom stereocenters. The molecule has 29 heavy (non-hydrogen) atoms. The van der Waals surface area contributed by atoms with Gasteiger partial charge >= 0.3 is 5.97 Å². The molecule has 7 nitrogen and oxygen atoms in total. The molecule has 0 aliphatic rings. The SMILES string of the molecule is COC(=O)c1ccoc1CSc1nnc(-c2ccc(Cl)cc2)n1Cc1ccco1. The predicted molar refractivity (Wildman–Crippen MR) is 108 cm³/mol. The van der Waals surface area contributed by atoms with Crippen molar-refractivity contribution in [1.29, 1.82) is 0 Å². The topological polar surface area (TPSA) is 83.3 Å². The molecule has 148 valence electrons. The van der Waals surface area contributed by atoms with E-state index in [0.29, 0.717) is 39.6 Å². The zero-order valence-electron chi connectivity index (χ0n) is 15.4. The average Bonchev–Trinajstić information content (AvgIpc) is 3.48. The molecule has 0 amide bonds. The fourth-order valence-corrected chi connectivity index (χ4v) is 3.80. The number of halogens is 1. The zero-order valence-corrected chi connectivity index (χ0v) is 16.9. The van der Waals surface area contributed by atoms with Gasteiger partial charge in [-0.1, -0.05) is 23.4 Å². The minimum Gasteiger partial charge on any atom is -0.468 e. The van der Waals surface area contributed by atoms with Crippen LogP contribution in [-0.4, -0.2) is 27.8 Å². The van der Waals surface area contributed by atoms with E-state index in [-0.39, 0.29) is 0 Å². The fourth-order valence-electron chi connectivity index (χ4n) is 2.78. The summed E-state index contributed by atoms with van der Waals surface area (Å²) in [5.41, 5.74) is 1.28. The Balaban J connectivity index is 1.63. The first kappa shape index (κ1) is 19.4. The molecule has 9 heteroatoms. The maximum atomic E-state index is 11.9. The van der Waals surface area contributed by atoms with E-state index in [9.17, 15) is 4.79 Å². The van der Waals surface area contributed by atoms with Crippen LogP contribution in [0.2, 0.25) is 5.02 Å². The summed E-state index contributed by atoms with van der Waals surface area (Å²) in [6, 6.07) is 12.7. The highest BCUT2D eigenvalue weighted by Gasteiger charge is 2.19. The number of ether oxygens (including phenoxy) is 1. The van der Waals surface area contributed by atoms with Gasteiger partial charge in [0.1, 0.15) is 17.1 Å². The van der Waals surface area contributed by atoms with Gasteiger partial charge < -0.3 is 13.6 Å². The lowest BCUT2D eigenvalue weighted by molar-refractivity contribution is 0.0598. The molecule has 0 fully saturated rings. The van der Waals surface area contributed by atoms with Gasteiger partial charge in [-0.25, -0.2) is 4.79 Å². The van der Waals surface area contributed by atoms with E-state index in [1.165, 1.54) is 25.1 Å². The number of methoxy groups -OCH3 is 1. The Morgan fingerprint density at radius 1 is 1.14 bits per heavy atom. The Hall–Kier alpha value is -2.97. The van der Waals surface area contributed by atoms with Gasteiger partial charge in [-0.3, -0.25) is 4.57 Å². The first-order chi connectivity index (χ1) is 14.2. The van der Waals surface area contributed by atoms with E-state index >= 15 is 0 Å². The minimum absolute atomic E-state index is 0.397. The van der Waals surface area contributed by atoms with Crippen LogP contribution in [0.1, 0.15) is 21.9 Å². The van der Waals surface area contributed by atoms with Crippen molar-refractivity contribution in [3.63, 3.8) is 0 Å². The van der Waals surface area contributed by atoms with Crippen LogP contribution >= 0.6 is 23.4 Å². The minimum atomic E-state index is -0.437. The molecule has 0 aliphatic heterocycles. The number of rotatable bonds is 7. The Labute approximate surface area is 175 Å². The van der Waals surface area contributed by atoms with Gasteiger partial charge in [-0.15, -0.1) is 10.2 Å². The van der Waals surface area contributed by atoms with Gasteiger partial charge in [0.25, 0.3) is 0 Å². The van der Waals surface area contributed by atoms with Crippen molar-refractivity contribution in [3.8, 4) is 11.4 Å². The number of furan rings is 2. The number of aromatic nitrogens is 3. The van der Waals surface area contributed by atoms with Crippen molar-refractivity contribution < 1.29 is 18.4 Å². The molecule has 0 aliphatic carbocycles. The molecule has 0 saturated heterocycles. The predicted octanol–water partition coefficient (Wildman–Crippen LogP) is 4.91. The quantitative estimate of drug-likeness (QED) is 0.305. The molecular weight excluding hydrogens is 414 g/mol. The molecule has 3 aromatic heterocycles. The monoisotopic (exact) mass is 429 g/mol. The van der Waals surface area contributed by atoms with Gasteiger partial charge in [-0.05, 0) is 42.5 Å². The largest absolute Gasteiger partial charge is 0.468 e. The van der Waals surface area contributed by atoms with Crippen molar-refractivity contribution in [2.24, 2.45) is 0 Å². The smallest absolute Gasteiger partial charge is 0.341 e. The molecule has 0 N–H and O–H groups in total. The summed E-state index contributed by atoms with van der Waals surface area (Å²) in [4.78, 5) is 11.9. The Morgan fingerprint density at radius 3 is 2.69 bits per heavy atom. The van der Waals surface area contributed by atoms with Crippen molar-refractivity contribution in [3.05, 3.63) is 77.1 Å². The van der Waals surface area contributed by atoms with Gasteiger partial charge in [0.2, 0.25) is 0 Å². The zero-order chi connectivity index (χ0) is 20.2. The Morgan fingerprint density at radius 2 is 1.97 bits per heavy atom. The van der Waals surface area contributed by atoms with Gasteiger partial charge in [0.15, 0.2) is 11.0 Å². The molecule has 0 saturated carbocycles. The number of esters is 1. The number of carbonyl (C=O) groups is 1. The fraction of sp³-hybridized carbons (Fsp3) is 0.150. The van der Waals surface area contributed by atoms with Crippen LogP contribution < -0.4 is 0 Å². The summed E-state index contributed by atoms with van der Waals surface area (Å²) < 4.78 is 17.7. The second kappa shape index (κ2) is 8.59. The molecule has 0 spiro atoms. The van der Waals surface area contributed by atoms with Crippen LogP contribution in [0.25, 0.3) is 11.4 Å². The summed E-state index contributed by atoms with van der Waals surface area (Å²) in [6.07, 6.45) is 3.09. The molecule has 4 rings (SSSR count). The number of thioether (sulfide) groups is 1. The number of hydrogen-bond acceptors (Lipinski definition) is 7. The van der Waals surface area contributed by atoms with Gasteiger partial charge in [-0.2, -0.15) is 0 Å². The Kier molecular flexibility index (Phi) is 5.73. The second-order valence-electron chi connectivity index (χ2n) is 6.02. The maximum absolute atomic E-state index is 11.9. The van der Waals surface area contributed by atoms with E-state index in [2.05, 4.69) is 10.2 Å². The second-order valence-corrected chi connectivity index (χ2v) is 7.40. The van der Waals surface area contributed by atoms with Crippen LogP contribution in [-0.2, 0) is 17.0 Å². The first-order valence-corrected chi connectivity index (χ1v) is 10.0. The van der Waals surface area contributed by atoms with Crippen LogP contribution in [0, 0.1) is 0 Å². The van der Waals surface area contributed by atoms with Crippen molar-refractivity contribution in [1.82, 2.24) is 14.8 Å². The maximum Gasteiger partial charge on any atom is 0.341 e. The number of carbonyl (C=O) groups excluding carboxylic acids is 1. The van der Waals surface area contributed by atoms with E-state index in [4.69, 9.17) is 25.2 Å². The van der Waals surface area contributed by atoms with E-state index in [0.717, 1.165) is 11.3 Å². The number of hydrogen-bond donors (Lipinski definition) is 0. The molecule has 0 bridgehead atoms. The molecule has 0 unspecified atom stereocenters. The van der Waals surface area contributed by atoms with Gasteiger partial charge in [0, 0.05) is 10.6 Å². The van der Waals surface area contributed by atoms with Crippen molar-refractivity contribution in [2.75, 3.05) is 7.11 Å². The molecule has 3 heterocycles. The van der Waals surface area contributed by atoms with E-state index in [1.807, 2.05) is 28.8 Å². The molecule has 0 radical (unpaired) electrons. The summed E-state index contributed by atoms with van der Waals surface area (Å²) >= 11 is 7.42. The molecular formula is C20H16ClN3O4S. The highest BCUT2D eigenvalue weighted by molar-refractivity contribution is 7.98. The number of benzene rings is 1. The van der Waals surface area contributed by atoms with Crippen LogP contribution in [0.5, 0.6) is 0 Å². The first-order valence-electron chi connectivity index (χ1n) is 8.64. The summed E-state index contributed by atoms with van der Waals surface area (Å²) in [5, 5.41) is 10.0. The highest BCUT2D eigenvalue weighted by Crippen LogP contribution is 2.29. The van der Waals surface area contributed by atoms with Crippen molar-refractivity contribution in [2.45, 2.75) is 17.5 Å². The standard InChI is InChI=1S/C20H16ClN3O4S/c1-26-19(25)16-8-10-28-17(16)12-29-20-23-22-18(13-4-6-14(21)7-5-13)24(20)11-15-3-2-9-27-15/h2-10H,11-12H2,1H3. The van der Waals surface area contributed by atoms with E-state index < -0.39 is 5.97 Å². The summed E-state index contributed by atoms with van der Waals surface area (Å²) in [6.45, 7) is 0.461.